The number of aryl methyl sites for hydroxylation is 1. The molecule has 4 aromatic rings. The van der Waals surface area contributed by atoms with Gasteiger partial charge in [0.05, 0.1) is 19.3 Å². The SMILES string of the molecule is Cc1ccc(-c2c[nH]c3ncc(-c4cc5c(c(C6CCCN6C(=O)OC(C)(C)C)c4)COCC5)cc23)cn1. The molecule has 0 radical (unpaired) electrons. The first kappa shape index (κ1) is 24.6. The molecule has 0 spiro atoms. The van der Waals surface area contributed by atoms with Gasteiger partial charge >= 0.3 is 6.09 Å². The number of nitrogens with one attached hydrogen (secondary N) is 1. The zero-order valence-electron chi connectivity index (χ0n) is 22.5. The normalized spacial score (nSPS) is 17.6. The van der Waals surface area contributed by atoms with Crippen molar-refractivity contribution < 1.29 is 14.3 Å². The van der Waals surface area contributed by atoms with Crippen molar-refractivity contribution in [1.29, 1.82) is 0 Å². The number of amides is 1. The molecule has 1 saturated heterocycles. The van der Waals surface area contributed by atoms with Crippen molar-refractivity contribution >= 4 is 17.1 Å². The summed E-state index contributed by atoms with van der Waals surface area (Å²) >= 11 is 0. The smallest absolute Gasteiger partial charge is 0.410 e. The van der Waals surface area contributed by atoms with Crippen LogP contribution in [0.1, 0.15) is 62.0 Å². The number of ether oxygens (including phenoxy) is 2. The molecule has 6 rings (SSSR count). The summed E-state index contributed by atoms with van der Waals surface area (Å²) in [7, 11) is 0. The summed E-state index contributed by atoms with van der Waals surface area (Å²) in [5, 5.41) is 1.06. The zero-order chi connectivity index (χ0) is 26.4. The molecule has 38 heavy (non-hydrogen) atoms. The van der Waals surface area contributed by atoms with Gasteiger partial charge in [0.2, 0.25) is 0 Å². The molecule has 1 unspecified atom stereocenters. The lowest BCUT2D eigenvalue weighted by atomic mass is 9.88. The number of benzene rings is 1. The molecular weight excluding hydrogens is 476 g/mol. The number of hydrogen-bond donors (Lipinski definition) is 1. The minimum atomic E-state index is -0.531. The number of H-pyrrole nitrogens is 1. The fourth-order valence-electron chi connectivity index (χ4n) is 5.63. The number of aromatic amines is 1. The van der Waals surface area contributed by atoms with E-state index >= 15 is 0 Å². The number of carbonyl (C=O) groups is 1. The van der Waals surface area contributed by atoms with E-state index in [0.29, 0.717) is 19.8 Å². The average Bonchev–Trinajstić information content (AvgIpc) is 3.55. The second-order valence-electron chi connectivity index (χ2n) is 11.3. The van der Waals surface area contributed by atoms with Crippen molar-refractivity contribution in [2.45, 2.75) is 65.2 Å². The lowest BCUT2D eigenvalue weighted by Gasteiger charge is -2.31. The van der Waals surface area contributed by atoms with Crippen molar-refractivity contribution in [3.05, 3.63) is 71.3 Å². The van der Waals surface area contributed by atoms with Gasteiger partial charge in [-0.3, -0.25) is 4.98 Å². The number of carbonyl (C=O) groups excluding carboxylic acids is 1. The number of nitrogens with zero attached hydrogens (tertiary/aromatic N) is 3. The van der Waals surface area contributed by atoms with E-state index in [-0.39, 0.29) is 12.1 Å². The first-order chi connectivity index (χ1) is 18.3. The third-order valence-electron chi connectivity index (χ3n) is 7.47. The zero-order valence-corrected chi connectivity index (χ0v) is 22.5. The van der Waals surface area contributed by atoms with Gasteiger partial charge in [0, 0.05) is 52.9 Å². The van der Waals surface area contributed by atoms with E-state index in [1.165, 1.54) is 11.1 Å². The predicted octanol–water partition coefficient (Wildman–Crippen LogP) is 6.75. The molecule has 1 N–H and O–H groups in total. The Morgan fingerprint density at radius 2 is 1.95 bits per heavy atom. The molecule has 3 aromatic heterocycles. The van der Waals surface area contributed by atoms with Crippen molar-refractivity contribution in [2.75, 3.05) is 13.2 Å². The summed E-state index contributed by atoms with van der Waals surface area (Å²) in [6, 6.07) is 10.8. The molecular formula is C31H34N4O3. The van der Waals surface area contributed by atoms with Gasteiger partial charge in [0.1, 0.15) is 11.2 Å². The van der Waals surface area contributed by atoms with Gasteiger partial charge in [-0.15, -0.1) is 0 Å². The highest BCUT2D eigenvalue weighted by molar-refractivity contribution is 5.95. The minimum absolute atomic E-state index is 0.0293. The maximum absolute atomic E-state index is 13.1. The van der Waals surface area contributed by atoms with E-state index in [2.05, 4.69) is 34.2 Å². The van der Waals surface area contributed by atoms with Crippen LogP contribution in [0.3, 0.4) is 0 Å². The van der Waals surface area contributed by atoms with E-state index in [9.17, 15) is 4.79 Å². The third-order valence-corrected chi connectivity index (χ3v) is 7.47. The molecule has 5 heterocycles. The molecule has 0 bridgehead atoms. The summed E-state index contributed by atoms with van der Waals surface area (Å²) in [6.07, 6.45) is 8.32. The van der Waals surface area contributed by atoms with Gasteiger partial charge in [-0.25, -0.2) is 9.78 Å². The van der Waals surface area contributed by atoms with Crippen LogP contribution in [0.25, 0.3) is 33.3 Å². The molecule has 2 aliphatic heterocycles. The first-order valence-electron chi connectivity index (χ1n) is 13.4. The number of aromatic nitrogens is 3. The maximum atomic E-state index is 13.1. The van der Waals surface area contributed by atoms with Gasteiger partial charge in [-0.05, 0) is 87.4 Å². The van der Waals surface area contributed by atoms with Gasteiger partial charge in [0.25, 0.3) is 0 Å². The number of likely N-dealkylation sites (tertiary alicyclic amines) is 1. The quantitative estimate of drug-likeness (QED) is 0.330. The summed E-state index contributed by atoms with van der Waals surface area (Å²) < 4.78 is 11.7. The van der Waals surface area contributed by atoms with Crippen LogP contribution in [0.5, 0.6) is 0 Å². The number of hydrogen-bond acceptors (Lipinski definition) is 5. The first-order valence-corrected chi connectivity index (χ1v) is 13.4. The molecule has 1 atom stereocenters. The summed E-state index contributed by atoms with van der Waals surface area (Å²) in [5.41, 5.74) is 9.28. The Morgan fingerprint density at radius 3 is 2.74 bits per heavy atom. The molecule has 1 aromatic carbocycles. The second-order valence-corrected chi connectivity index (χ2v) is 11.3. The second kappa shape index (κ2) is 9.55. The molecule has 2 aliphatic rings. The summed E-state index contributed by atoms with van der Waals surface area (Å²) in [6.45, 7) is 9.71. The highest BCUT2D eigenvalue weighted by Crippen LogP contribution is 2.40. The number of rotatable bonds is 3. The van der Waals surface area contributed by atoms with Crippen LogP contribution in [0.2, 0.25) is 0 Å². The van der Waals surface area contributed by atoms with Gasteiger partial charge in [-0.2, -0.15) is 0 Å². The van der Waals surface area contributed by atoms with Crippen LogP contribution in [0, 0.1) is 6.92 Å². The molecule has 0 saturated carbocycles. The lowest BCUT2D eigenvalue weighted by Crippen LogP contribution is -2.36. The van der Waals surface area contributed by atoms with Crippen molar-refractivity contribution in [3.63, 3.8) is 0 Å². The van der Waals surface area contributed by atoms with Crippen molar-refractivity contribution in [3.8, 4) is 22.3 Å². The van der Waals surface area contributed by atoms with E-state index in [0.717, 1.165) is 63.8 Å². The van der Waals surface area contributed by atoms with E-state index < -0.39 is 5.60 Å². The van der Waals surface area contributed by atoms with Crippen LogP contribution in [0.4, 0.5) is 4.79 Å². The fourth-order valence-corrected chi connectivity index (χ4v) is 5.63. The minimum Gasteiger partial charge on any atom is -0.444 e. The van der Waals surface area contributed by atoms with Gasteiger partial charge in [-0.1, -0.05) is 12.1 Å². The largest absolute Gasteiger partial charge is 0.444 e. The number of fused-ring (bicyclic) bond motifs is 2. The topological polar surface area (TPSA) is 80.3 Å². The van der Waals surface area contributed by atoms with Gasteiger partial charge in [0.15, 0.2) is 0 Å². The Balaban J connectivity index is 1.43. The number of pyridine rings is 2. The Hall–Kier alpha value is -3.71. The maximum Gasteiger partial charge on any atom is 0.410 e. The molecule has 1 amide bonds. The lowest BCUT2D eigenvalue weighted by molar-refractivity contribution is 0.0221. The van der Waals surface area contributed by atoms with Crippen molar-refractivity contribution in [2.24, 2.45) is 0 Å². The summed E-state index contributed by atoms with van der Waals surface area (Å²) in [4.78, 5) is 27.6. The average molecular weight is 511 g/mol. The van der Waals surface area contributed by atoms with Gasteiger partial charge < -0.3 is 19.4 Å². The van der Waals surface area contributed by atoms with Crippen LogP contribution in [0.15, 0.2) is 48.9 Å². The Kier molecular flexibility index (Phi) is 6.19. The Bertz CT molecular complexity index is 1500. The Labute approximate surface area is 223 Å². The molecule has 7 nitrogen and oxygen atoms in total. The highest BCUT2D eigenvalue weighted by atomic mass is 16.6. The highest BCUT2D eigenvalue weighted by Gasteiger charge is 2.35. The van der Waals surface area contributed by atoms with E-state index in [4.69, 9.17) is 14.5 Å². The monoisotopic (exact) mass is 510 g/mol. The fraction of sp³-hybridized carbons (Fsp3) is 0.387. The predicted molar refractivity (Wildman–Crippen MR) is 148 cm³/mol. The van der Waals surface area contributed by atoms with Crippen LogP contribution in [-0.2, 0) is 22.5 Å². The van der Waals surface area contributed by atoms with Crippen LogP contribution >= 0.6 is 0 Å². The van der Waals surface area contributed by atoms with Crippen molar-refractivity contribution in [1.82, 2.24) is 19.9 Å². The van der Waals surface area contributed by atoms with E-state index in [1.807, 2.05) is 57.3 Å². The summed E-state index contributed by atoms with van der Waals surface area (Å²) in [5.74, 6) is 0. The van der Waals surface area contributed by atoms with E-state index in [1.54, 1.807) is 0 Å². The molecule has 0 aliphatic carbocycles. The standard InChI is InChI=1S/C31H34N4O3/c1-19-7-8-21(15-32-19)26-17-34-29-25(26)14-23(16-33-29)22-12-20-9-11-37-18-27(20)24(13-22)28-6-5-10-35(28)30(36)38-31(2,3)4/h7-8,12-17,28H,5-6,9-11,18H2,1-4H3,(H,33,34). The Morgan fingerprint density at radius 1 is 1.11 bits per heavy atom. The third kappa shape index (κ3) is 4.67. The van der Waals surface area contributed by atoms with Crippen LogP contribution in [-0.4, -0.2) is 44.7 Å². The molecule has 1 fully saturated rings. The van der Waals surface area contributed by atoms with Crippen LogP contribution < -0.4 is 0 Å². The molecule has 196 valence electrons. The molecule has 7 heteroatoms.